The van der Waals surface area contributed by atoms with E-state index in [0.717, 1.165) is 27.0 Å². The van der Waals surface area contributed by atoms with Crippen LogP contribution in [0.25, 0.3) is 0 Å². The molecule has 0 unspecified atom stereocenters. The zero-order valence-electron chi connectivity index (χ0n) is 11.8. The van der Waals surface area contributed by atoms with Crippen molar-refractivity contribution in [3.05, 3.63) is 57.0 Å². The number of benzene rings is 2. The van der Waals surface area contributed by atoms with Gasteiger partial charge in [0, 0.05) is 20.9 Å². The van der Waals surface area contributed by atoms with Gasteiger partial charge >= 0.3 is 0 Å². The lowest BCUT2D eigenvalue weighted by Gasteiger charge is -2.12. The van der Waals surface area contributed by atoms with Gasteiger partial charge in [-0.15, -0.1) is 0 Å². The first-order chi connectivity index (χ1) is 9.97. The van der Waals surface area contributed by atoms with Gasteiger partial charge in [-0.25, -0.2) is 0 Å². The normalized spacial score (nSPS) is 10.3. The fourth-order valence-corrected chi connectivity index (χ4v) is 2.59. The van der Waals surface area contributed by atoms with E-state index in [9.17, 15) is 4.79 Å². The number of hydrogen-bond acceptors (Lipinski definition) is 2. The van der Waals surface area contributed by atoms with E-state index in [1.54, 1.807) is 0 Å². The van der Waals surface area contributed by atoms with Gasteiger partial charge in [-0.2, -0.15) is 0 Å². The molecule has 0 radical (unpaired) electrons. The number of aryl methyl sites for hydroxylation is 1. The maximum atomic E-state index is 12.0. The molecule has 0 aliphatic carbocycles. The molecule has 0 aliphatic heterocycles. The van der Waals surface area contributed by atoms with Crippen LogP contribution in [0.1, 0.15) is 11.1 Å². The summed E-state index contributed by atoms with van der Waals surface area (Å²) in [5.41, 5.74) is 3.63. The van der Waals surface area contributed by atoms with Gasteiger partial charge in [-0.05, 0) is 55.3 Å². The molecule has 0 bridgehead atoms. The molecule has 0 saturated heterocycles. The van der Waals surface area contributed by atoms with Crippen molar-refractivity contribution < 1.29 is 4.79 Å². The molecule has 2 N–H and O–H groups in total. The third-order valence-electron chi connectivity index (χ3n) is 3.17. The fourth-order valence-electron chi connectivity index (χ4n) is 1.94. The van der Waals surface area contributed by atoms with E-state index in [1.807, 2.05) is 50.2 Å². The summed E-state index contributed by atoms with van der Waals surface area (Å²) in [6.07, 6.45) is 0. The summed E-state index contributed by atoms with van der Waals surface area (Å²) in [6.45, 7) is 4.06. The minimum Gasteiger partial charge on any atom is -0.376 e. The third-order valence-corrected chi connectivity index (χ3v) is 4.07. The Morgan fingerprint density at radius 1 is 1.19 bits per heavy atom. The summed E-state index contributed by atoms with van der Waals surface area (Å²) < 4.78 is 0.991. The number of hydrogen-bond donors (Lipinski definition) is 2. The topological polar surface area (TPSA) is 41.1 Å². The lowest BCUT2D eigenvalue weighted by Crippen LogP contribution is -2.22. The summed E-state index contributed by atoms with van der Waals surface area (Å²) >= 11 is 9.45. The minimum absolute atomic E-state index is 0.0974. The van der Waals surface area contributed by atoms with Crippen LogP contribution in [0.3, 0.4) is 0 Å². The number of nitrogens with one attached hydrogen (secondary N) is 2. The zero-order chi connectivity index (χ0) is 15.4. The Morgan fingerprint density at radius 2 is 1.95 bits per heavy atom. The van der Waals surface area contributed by atoms with Gasteiger partial charge < -0.3 is 10.6 Å². The molecule has 0 spiro atoms. The average molecular weight is 368 g/mol. The Labute approximate surface area is 137 Å². The van der Waals surface area contributed by atoms with Gasteiger partial charge in [-0.1, -0.05) is 33.6 Å². The lowest BCUT2D eigenvalue weighted by molar-refractivity contribution is -0.114. The van der Waals surface area contributed by atoms with Crippen molar-refractivity contribution in [1.29, 1.82) is 0 Å². The van der Waals surface area contributed by atoms with Crippen LogP contribution >= 0.6 is 27.5 Å². The number of anilines is 2. The van der Waals surface area contributed by atoms with Crippen molar-refractivity contribution in [3.63, 3.8) is 0 Å². The average Bonchev–Trinajstić information content (AvgIpc) is 2.43. The maximum absolute atomic E-state index is 12.0. The van der Waals surface area contributed by atoms with Crippen molar-refractivity contribution in [1.82, 2.24) is 0 Å². The van der Waals surface area contributed by atoms with Crippen LogP contribution in [0.2, 0.25) is 5.02 Å². The molecule has 3 nitrogen and oxygen atoms in total. The van der Waals surface area contributed by atoms with E-state index >= 15 is 0 Å². The molecule has 0 fully saturated rings. The molecule has 21 heavy (non-hydrogen) atoms. The first-order valence-corrected chi connectivity index (χ1v) is 7.69. The highest BCUT2D eigenvalue weighted by Crippen LogP contribution is 2.23. The zero-order valence-corrected chi connectivity index (χ0v) is 14.2. The van der Waals surface area contributed by atoms with E-state index in [0.29, 0.717) is 5.02 Å². The van der Waals surface area contributed by atoms with E-state index in [1.165, 1.54) is 0 Å². The smallest absolute Gasteiger partial charge is 0.243 e. The number of carbonyl (C=O) groups excluding carboxylic acids is 1. The summed E-state index contributed by atoms with van der Waals surface area (Å²) in [4.78, 5) is 12.0. The van der Waals surface area contributed by atoms with Gasteiger partial charge in [0.05, 0.1) is 6.54 Å². The monoisotopic (exact) mass is 366 g/mol. The molecule has 0 aromatic heterocycles. The summed E-state index contributed by atoms with van der Waals surface area (Å²) in [5, 5.41) is 6.67. The van der Waals surface area contributed by atoms with Gasteiger partial charge in [0.2, 0.25) is 5.91 Å². The molecule has 0 aliphatic rings. The van der Waals surface area contributed by atoms with Crippen molar-refractivity contribution in [2.24, 2.45) is 0 Å². The van der Waals surface area contributed by atoms with Crippen LogP contribution in [0, 0.1) is 13.8 Å². The van der Waals surface area contributed by atoms with Gasteiger partial charge in [0.25, 0.3) is 0 Å². The predicted molar refractivity (Wildman–Crippen MR) is 92.2 cm³/mol. The van der Waals surface area contributed by atoms with E-state index in [-0.39, 0.29) is 12.5 Å². The SMILES string of the molecule is Cc1cc(Br)ccc1NC(=O)CNc1cccc(Cl)c1C. The summed E-state index contributed by atoms with van der Waals surface area (Å²) in [6, 6.07) is 11.3. The number of halogens is 2. The first kappa shape index (κ1) is 15.9. The molecule has 0 saturated carbocycles. The largest absolute Gasteiger partial charge is 0.376 e. The van der Waals surface area contributed by atoms with Crippen molar-refractivity contribution >= 4 is 44.8 Å². The number of rotatable bonds is 4. The highest BCUT2D eigenvalue weighted by atomic mass is 79.9. The van der Waals surface area contributed by atoms with Crippen LogP contribution in [0.4, 0.5) is 11.4 Å². The Balaban J connectivity index is 1.97. The fraction of sp³-hybridized carbons (Fsp3) is 0.188. The van der Waals surface area contributed by atoms with Crippen LogP contribution in [0.15, 0.2) is 40.9 Å². The highest BCUT2D eigenvalue weighted by Gasteiger charge is 2.07. The predicted octanol–water partition coefficient (Wildman–Crippen LogP) is 4.77. The van der Waals surface area contributed by atoms with Crippen molar-refractivity contribution in [2.45, 2.75) is 13.8 Å². The minimum atomic E-state index is -0.0974. The Kier molecular flexibility index (Phi) is 5.26. The molecule has 2 aromatic rings. The molecule has 0 atom stereocenters. The molecule has 2 aromatic carbocycles. The molecule has 2 rings (SSSR count). The summed E-state index contributed by atoms with van der Waals surface area (Å²) in [7, 11) is 0. The van der Waals surface area contributed by atoms with E-state index < -0.39 is 0 Å². The number of amides is 1. The second kappa shape index (κ2) is 6.96. The quantitative estimate of drug-likeness (QED) is 0.817. The lowest BCUT2D eigenvalue weighted by atomic mass is 10.2. The Morgan fingerprint density at radius 3 is 2.67 bits per heavy atom. The standard InChI is InChI=1S/C16H16BrClN2O/c1-10-8-12(17)6-7-14(10)20-16(21)9-19-15-5-3-4-13(18)11(15)2/h3-8,19H,9H2,1-2H3,(H,20,21). The van der Waals surface area contributed by atoms with Crippen molar-refractivity contribution in [3.8, 4) is 0 Å². The molecule has 110 valence electrons. The molecule has 0 heterocycles. The first-order valence-electron chi connectivity index (χ1n) is 6.52. The number of carbonyl (C=O) groups is 1. The third kappa shape index (κ3) is 4.22. The Bertz CT molecular complexity index is 673. The maximum Gasteiger partial charge on any atom is 0.243 e. The summed E-state index contributed by atoms with van der Waals surface area (Å²) in [5.74, 6) is -0.0974. The van der Waals surface area contributed by atoms with Crippen molar-refractivity contribution in [2.75, 3.05) is 17.2 Å². The van der Waals surface area contributed by atoms with Gasteiger partial charge in [0.1, 0.15) is 0 Å². The highest BCUT2D eigenvalue weighted by molar-refractivity contribution is 9.10. The van der Waals surface area contributed by atoms with Gasteiger partial charge in [0.15, 0.2) is 0 Å². The molecule has 1 amide bonds. The van der Waals surface area contributed by atoms with Gasteiger partial charge in [-0.3, -0.25) is 4.79 Å². The van der Waals surface area contributed by atoms with Crippen LogP contribution in [0.5, 0.6) is 0 Å². The van der Waals surface area contributed by atoms with E-state index in [2.05, 4.69) is 26.6 Å². The second-order valence-corrected chi connectivity index (χ2v) is 6.10. The molecule has 5 heteroatoms. The van der Waals surface area contributed by atoms with E-state index in [4.69, 9.17) is 11.6 Å². The van der Waals surface area contributed by atoms with Crippen LogP contribution < -0.4 is 10.6 Å². The van der Waals surface area contributed by atoms with Crippen LogP contribution in [-0.4, -0.2) is 12.5 Å². The Hall–Kier alpha value is -1.52. The second-order valence-electron chi connectivity index (χ2n) is 4.77. The van der Waals surface area contributed by atoms with Crippen LogP contribution in [-0.2, 0) is 4.79 Å². The molecular weight excluding hydrogens is 352 g/mol. The molecular formula is C16H16BrClN2O.